The second-order valence-electron chi connectivity index (χ2n) is 3.81. The van der Waals surface area contributed by atoms with Gasteiger partial charge in [-0.2, -0.15) is 0 Å². The van der Waals surface area contributed by atoms with Crippen molar-refractivity contribution in [1.82, 2.24) is 4.57 Å². The summed E-state index contributed by atoms with van der Waals surface area (Å²) in [7, 11) is 1.93. The van der Waals surface area contributed by atoms with Gasteiger partial charge in [-0.1, -0.05) is 18.2 Å². The molecule has 1 aromatic heterocycles. The molecule has 0 atom stereocenters. The fraction of sp³-hybridized carbons (Fsp3) is 0.231. The summed E-state index contributed by atoms with van der Waals surface area (Å²) >= 11 is 0. The van der Waals surface area contributed by atoms with E-state index in [0.29, 0.717) is 6.29 Å². The molecule has 17 heavy (non-hydrogen) atoms. The van der Waals surface area contributed by atoms with E-state index in [1.807, 2.05) is 42.1 Å². The molecule has 4 heteroatoms. The van der Waals surface area contributed by atoms with E-state index >= 15 is 0 Å². The number of nitrogens with zero attached hydrogens (tertiary/aromatic N) is 1. The highest BCUT2D eigenvalue weighted by atomic mass is 16.5. The van der Waals surface area contributed by atoms with E-state index in [2.05, 4.69) is 0 Å². The number of carbonyl (C=O) groups excluding carboxylic acids is 2. The SMILES string of the molecule is Cn1cc(CC(=O)OCC=O)c2ccccc21. The van der Waals surface area contributed by atoms with Crippen LogP contribution < -0.4 is 0 Å². The number of aryl methyl sites for hydroxylation is 1. The molecule has 0 spiro atoms. The summed E-state index contributed by atoms with van der Waals surface area (Å²) in [6.45, 7) is -0.177. The first-order chi connectivity index (χ1) is 8.22. The molecule has 0 aliphatic heterocycles. The van der Waals surface area contributed by atoms with Gasteiger partial charge in [0.05, 0.1) is 6.42 Å². The van der Waals surface area contributed by atoms with Gasteiger partial charge in [-0.3, -0.25) is 9.59 Å². The van der Waals surface area contributed by atoms with Crippen LogP contribution in [0.3, 0.4) is 0 Å². The number of aromatic nitrogens is 1. The van der Waals surface area contributed by atoms with Crippen LogP contribution >= 0.6 is 0 Å². The van der Waals surface area contributed by atoms with Gasteiger partial charge in [0, 0.05) is 24.1 Å². The van der Waals surface area contributed by atoms with E-state index in [1.165, 1.54) is 0 Å². The molecule has 0 unspecified atom stereocenters. The molecule has 0 saturated carbocycles. The van der Waals surface area contributed by atoms with Crippen LogP contribution in [0, 0.1) is 0 Å². The van der Waals surface area contributed by atoms with Gasteiger partial charge >= 0.3 is 5.97 Å². The van der Waals surface area contributed by atoms with Crippen molar-refractivity contribution in [3.63, 3.8) is 0 Å². The molecule has 88 valence electrons. The number of rotatable bonds is 4. The third-order valence-corrected chi connectivity index (χ3v) is 2.63. The number of hydrogen-bond donors (Lipinski definition) is 0. The summed E-state index contributed by atoms with van der Waals surface area (Å²) in [6, 6.07) is 7.85. The zero-order chi connectivity index (χ0) is 12.3. The lowest BCUT2D eigenvalue weighted by Gasteiger charge is -1.99. The van der Waals surface area contributed by atoms with Crippen LogP contribution in [0.2, 0.25) is 0 Å². The minimum absolute atomic E-state index is 0.177. The minimum Gasteiger partial charge on any atom is -0.458 e. The van der Waals surface area contributed by atoms with Crippen molar-refractivity contribution in [3.8, 4) is 0 Å². The molecule has 4 nitrogen and oxygen atoms in total. The number of fused-ring (bicyclic) bond motifs is 1. The highest BCUT2D eigenvalue weighted by Gasteiger charge is 2.10. The lowest BCUT2D eigenvalue weighted by atomic mass is 10.1. The Kier molecular flexibility index (Phi) is 3.23. The summed E-state index contributed by atoms with van der Waals surface area (Å²) in [5.74, 6) is -0.381. The first-order valence-corrected chi connectivity index (χ1v) is 5.34. The van der Waals surface area contributed by atoms with Gasteiger partial charge in [0.1, 0.15) is 6.61 Å². The van der Waals surface area contributed by atoms with Crippen LogP contribution in [-0.4, -0.2) is 23.4 Å². The number of ether oxygens (including phenoxy) is 1. The van der Waals surface area contributed by atoms with Gasteiger partial charge in [-0.05, 0) is 11.6 Å². The Hall–Kier alpha value is -2.10. The maximum Gasteiger partial charge on any atom is 0.310 e. The van der Waals surface area contributed by atoms with Crippen LogP contribution in [0.5, 0.6) is 0 Å². The summed E-state index contributed by atoms with van der Waals surface area (Å²) < 4.78 is 6.71. The highest BCUT2D eigenvalue weighted by molar-refractivity contribution is 5.88. The molecule has 0 N–H and O–H groups in total. The van der Waals surface area contributed by atoms with E-state index in [9.17, 15) is 9.59 Å². The standard InChI is InChI=1S/C13H13NO3/c1-14-9-10(8-13(16)17-7-6-15)11-4-2-3-5-12(11)14/h2-6,9H,7-8H2,1H3. The molecule has 2 rings (SSSR count). The predicted molar refractivity (Wildman–Crippen MR) is 63.6 cm³/mol. The van der Waals surface area contributed by atoms with Gasteiger partial charge < -0.3 is 9.30 Å². The Morgan fingerprint density at radius 1 is 1.41 bits per heavy atom. The molecule has 0 amide bonds. The fourth-order valence-electron chi connectivity index (χ4n) is 1.90. The second kappa shape index (κ2) is 4.82. The highest BCUT2D eigenvalue weighted by Crippen LogP contribution is 2.20. The number of hydrogen-bond acceptors (Lipinski definition) is 3. The van der Waals surface area contributed by atoms with Gasteiger partial charge in [0.25, 0.3) is 0 Å². The van der Waals surface area contributed by atoms with Gasteiger partial charge in [0.2, 0.25) is 0 Å². The van der Waals surface area contributed by atoms with Gasteiger partial charge in [-0.25, -0.2) is 0 Å². The largest absolute Gasteiger partial charge is 0.458 e. The molecule has 0 radical (unpaired) electrons. The zero-order valence-corrected chi connectivity index (χ0v) is 9.55. The van der Waals surface area contributed by atoms with Crippen molar-refractivity contribution in [3.05, 3.63) is 36.0 Å². The summed E-state index contributed by atoms with van der Waals surface area (Å²) in [6.07, 6.45) is 2.67. The van der Waals surface area contributed by atoms with Crippen LogP contribution in [0.1, 0.15) is 5.56 Å². The van der Waals surface area contributed by atoms with Crippen LogP contribution in [0.25, 0.3) is 10.9 Å². The molecule has 0 saturated heterocycles. The lowest BCUT2D eigenvalue weighted by Crippen LogP contribution is -2.09. The second-order valence-corrected chi connectivity index (χ2v) is 3.81. The normalized spacial score (nSPS) is 10.4. The fourth-order valence-corrected chi connectivity index (χ4v) is 1.90. The van der Waals surface area contributed by atoms with Crippen molar-refractivity contribution in [2.24, 2.45) is 7.05 Å². The van der Waals surface area contributed by atoms with E-state index in [1.54, 1.807) is 0 Å². The Bertz CT molecular complexity index is 557. The first-order valence-electron chi connectivity index (χ1n) is 5.34. The minimum atomic E-state index is -0.381. The molecular formula is C13H13NO3. The van der Waals surface area contributed by atoms with Crippen molar-refractivity contribution in [2.45, 2.75) is 6.42 Å². The quantitative estimate of drug-likeness (QED) is 0.591. The lowest BCUT2D eigenvalue weighted by molar-refractivity contribution is -0.144. The third-order valence-electron chi connectivity index (χ3n) is 2.63. The number of carbonyl (C=O) groups is 2. The number of aldehydes is 1. The van der Waals surface area contributed by atoms with Crippen molar-refractivity contribution in [2.75, 3.05) is 6.61 Å². The molecular weight excluding hydrogens is 218 g/mol. The van der Waals surface area contributed by atoms with Crippen LogP contribution in [-0.2, 0) is 27.8 Å². The summed E-state index contributed by atoms with van der Waals surface area (Å²) in [4.78, 5) is 21.5. The topological polar surface area (TPSA) is 48.3 Å². The Morgan fingerprint density at radius 2 is 2.18 bits per heavy atom. The molecule has 0 aliphatic carbocycles. The maximum absolute atomic E-state index is 11.4. The average molecular weight is 231 g/mol. The Balaban J connectivity index is 2.24. The van der Waals surface area contributed by atoms with Crippen molar-refractivity contribution < 1.29 is 14.3 Å². The van der Waals surface area contributed by atoms with Crippen LogP contribution in [0.4, 0.5) is 0 Å². The molecule has 1 heterocycles. The molecule has 0 aliphatic rings. The monoisotopic (exact) mass is 231 g/mol. The molecule has 0 bridgehead atoms. The van der Waals surface area contributed by atoms with E-state index in [4.69, 9.17) is 4.74 Å². The van der Waals surface area contributed by atoms with Crippen LogP contribution in [0.15, 0.2) is 30.5 Å². The van der Waals surface area contributed by atoms with E-state index in [0.717, 1.165) is 16.5 Å². The molecule has 0 fully saturated rings. The molecule has 2 aromatic rings. The Labute approximate surface area is 98.8 Å². The van der Waals surface area contributed by atoms with E-state index in [-0.39, 0.29) is 19.0 Å². The smallest absolute Gasteiger partial charge is 0.310 e. The van der Waals surface area contributed by atoms with Crippen molar-refractivity contribution >= 4 is 23.2 Å². The van der Waals surface area contributed by atoms with Crippen molar-refractivity contribution in [1.29, 1.82) is 0 Å². The maximum atomic E-state index is 11.4. The number of para-hydroxylation sites is 1. The van der Waals surface area contributed by atoms with Gasteiger partial charge in [-0.15, -0.1) is 0 Å². The summed E-state index contributed by atoms with van der Waals surface area (Å²) in [5.41, 5.74) is 1.99. The summed E-state index contributed by atoms with van der Waals surface area (Å²) in [5, 5.41) is 1.04. The number of esters is 1. The van der Waals surface area contributed by atoms with Gasteiger partial charge in [0.15, 0.2) is 6.29 Å². The third kappa shape index (κ3) is 2.36. The first kappa shape index (κ1) is 11.4. The average Bonchev–Trinajstić information content (AvgIpc) is 2.65. The predicted octanol–water partition coefficient (Wildman–Crippen LogP) is 1.46. The zero-order valence-electron chi connectivity index (χ0n) is 9.55. The number of benzene rings is 1. The molecule has 1 aromatic carbocycles. The van der Waals surface area contributed by atoms with E-state index < -0.39 is 0 Å². The Morgan fingerprint density at radius 3 is 2.94 bits per heavy atom.